The zero-order chi connectivity index (χ0) is 13.1. The fraction of sp³-hybridized carbons (Fsp3) is 0.250. The molecule has 0 fully saturated rings. The van der Waals surface area contributed by atoms with Crippen molar-refractivity contribution in [1.82, 2.24) is 10.4 Å². The van der Waals surface area contributed by atoms with Gasteiger partial charge in [0.2, 0.25) is 0 Å². The Kier molecular flexibility index (Phi) is 3.68. The lowest BCUT2D eigenvalue weighted by Crippen LogP contribution is -2.35. The van der Waals surface area contributed by atoms with Gasteiger partial charge >= 0.3 is 0 Å². The third kappa shape index (κ3) is 2.12. The summed E-state index contributed by atoms with van der Waals surface area (Å²) in [5.41, 5.74) is 9.19. The summed E-state index contributed by atoms with van der Waals surface area (Å²) in [5, 5.41) is 2.07. The molecule has 1 aliphatic rings. The number of allylic oxidation sites excluding steroid dienone is 3. The van der Waals surface area contributed by atoms with Gasteiger partial charge in [-0.05, 0) is 30.1 Å². The number of nitrogens with one attached hydrogen (secondary N) is 1. The van der Waals surface area contributed by atoms with Crippen LogP contribution in [-0.4, -0.2) is 12.1 Å². The molecule has 0 radical (unpaired) electrons. The molecular formula is C16H20N2. The molecule has 0 atom stereocenters. The molecule has 18 heavy (non-hydrogen) atoms. The second-order valence-corrected chi connectivity index (χ2v) is 4.43. The molecule has 0 unspecified atom stereocenters. The lowest BCUT2D eigenvalue weighted by Gasteiger charge is -2.34. The summed E-state index contributed by atoms with van der Waals surface area (Å²) in [5.74, 6) is 0. The summed E-state index contributed by atoms with van der Waals surface area (Å²) in [7, 11) is 1.93. The highest BCUT2D eigenvalue weighted by Gasteiger charge is 2.21. The summed E-state index contributed by atoms with van der Waals surface area (Å²) in [6, 6.07) is 10.4. The van der Waals surface area contributed by atoms with E-state index in [9.17, 15) is 0 Å². The van der Waals surface area contributed by atoms with E-state index in [4.69, 9.17) is 0 Å². The van der Waals surface area contributed by atoms with E-state index in [0.717, 1.165) is 12.1 Å². The van der Waals surface area contributed by atoms with Gasteiger partial charge in [0, 0.05) is 7.05 Å². The molecule has 0 aliphatic carbocycles. The van der Waals surface area contributed by atoms with Crippen molar-refractivity contribution in [3.05, 3.63) is 65.4 Å². The molecule has 2 nitrogen and oxygen atoms in total. The first-order valence-corrected chi connectivity index (χ1v) is 6.32. The van der Waals surface area contributed by atoms with Crippen molar-refractivity contribution in [2.24, 2.45) is 0 Å². The maximum atomic E-state index is 4.19. The second-order valence-electron chi connectivity index (χ2n) is 4.43. The van der Waals surface area contributed by atoms with Crippen molar-refractivity contribution < 1.29 is 0 Å². The van der Waals surface area contributed by atoms with Crippen LogP contribution in [0.5, 0.6) is 0 Å². The van der Waals surface area contributed by atoms with Crippen LogP contribution in [0.3, 0.4) is 0 Å². The van der Waals surface area contributed by atoms with Crippen molar-refractivity contribution >= 4 is 5.70 Å². The number of rotatable bonds is 3. The Bertz CT molecular complexity index is 509. The minimum Gasteiger partial charge on any atom is -0.277 e. The molecule has 0 spiro atoms. The molecule has 0 amide bonds. The molecule has 1 aromatic carbocycles. The predicted octanol–water partition coefficient (Wildman–Crippen LogP) is 3.72. The number of hydrogen-bond acceptors (Lipinski definition) is 2. The lowest BCUT2D eigenvalue weighted by molar-refractivity contribution is 0.396. The Balaban J connectivity index is 2.55. The van der Waals surface area contributed by atoms with Crippen LogP contribution in [0, 0.1) is 0 Å². The van der Waals surface area contributed by atoms with E-state index < -0.39 is 0 Å². The van der Waals surface area contributed by atoms with Crippen LogP contribution < -0.4 is 5.43 Å². The van der Waals surface area contributed by atoms with Crippen LogP contribution in [0.1, 0.15) is 25.8 Å². The zero-order valence-electron chi connectivity index (χ0n) is 11.3. The quantitative estimate of drug-likeness (QED) is 0.866. The molecule has 0 saturated heterocycles. The standard InChI is InChI=1S/C16H20N2/c1-5-14-11-12(2)16(18(17-4)13(14)3)15-9-7-6-8-10-15/h6-11,17H,3,5H2,1-2,4H3. The first kappa shape index (κ1) is 12.7. The van der Waals surface area contributed by atoms with E-state index in [1.54, 1.807) is 0 Å². The van der Waals surface area contributed by atoms with Crippen LogP contribution in [0.4, 0.5) is 0 Å². The van der Waals surface area contributed by atoms with Gasteiger partial charge in [0.25, 0.3) is 0 Å². The first-order valence-electron chi connectivity index (χ1n) is 6.32. The predicted molar refractivity (Wildman–Crippen MR) is 77.4 cm³/mol. The molecule has 2 rings (SSSR count). The van der Waals surface area contributed by atoms with Gasteiger partial charge in [-0.15, -0.1) is 0 Å². The summed E-state index contributed by atoms with van der Waals surface area (Å²) >= 11 is 0. The second kappa shape index (κ2) is 5.23. The van der Waals surface area contributed by atoms with Crippen molar-refractivity contribution in [3.63, 3.8) is 0 Å². The number of benzene rings is 1. The zero-order valence-corrected chi connectivity index (χ0v) is 11.3. The average Bonchev–Trinajstić information content (AvgIpc) is 2.41. The molecule has 2 heteroatoms. The summed E-state index contributed by atoms with van der Waals surface area (Å²) in [6.45, 7) is 8.50. The average molecular weight is 240 g/mol. The summed E-state index contributed by atoms with van der Waals surface area (Å²) in [6.07, 6.45) is 3.23. The molecule has 0 saturated carbocycles. The van der Waals surface area contributed by atoms with Crippen molar-refractivity contribution in [3.8, 4) is 0 Å². The maximum Gasteiger partial charge on any atom is 0.0679 e. The summed E-state index contributed by atoms with van der Waals surface area (Å²) in [4.78, 5) is 0. The third-order valence-corrected chi connectivity index (χ3v) is 3.28. The van der Waals surface area contributed by atoms with Crippen molar-refractivity contribution in [2.75, 3.05) is 7.05 Å². The normalized spacial score (nSPS) is 16.1. The topological polar surface area (TPSA) is 15.3 Å². The van der Waals surface area contributed by atoms with Gasteiger partial charge in [-0.1, -0.05) is 49.9 Å². The smallest absolute Gasteiger partial charge is 0.0679 e. The largest absolute Gasteiger partial charge is 0.277 e. The lowest BCUT2D eigenvalue weighted by atomic mass is 9.97. The van der Waals surface area contributed by atoms with Gasteiger partial charge in [0.1, 0.15) is 0 Å². The highest BCUT2D eigenvalue weighted by molar-refractivity contribution is 5.73. The molecule has 94 valence electrons. The molecule has 1 heterocycles. The van der Waals surface area contributed by atoms with Gasteiger partial charge in [-0.2, -0.15) is 0 Å². The Hall–Kier alpha value is -1.80. The number of nitrogens with zero attached hydrogens (tertiary/aromatic N) is 1. The minimum atomic E-state index is 0.996. The van der Waals surface area contributed by atoms with Gasteiger partial charge in [-0.25, -0.2) is 5.43 Å². The van der Waals surface area contributed by atoms with Crippen molar-refractivity contribution in [1.29, 1.82) is 0 Å². The molecule has 1 aromatic rings. The Labute approximate surface area is 109 Å². The summed E-state index contributed by atoms with van der Waals surface area (Å²) < 4.78 is 0. The monoisotopic (exact) mass is 240 g/mol. The Morgan fingerprint density at radius 1 is 1.22 bits per heavy atom. The highest BCUT2D eigenvalue weighted by atomic mass is 15.5. The molecule has 1 aliphatic heterocycles. The highest BCUT2D eigenvalue weighted by Crippen LogP contribution is 2.33. The van der Waals surface area contributed by atoms with Gasteiger partial charge in [-0.3, -0.25) is 5.01 Å². The Morgan fingerprint density at radius 3 is 2.44 bits per heavy atom. The van der Waals surface area contributed by atoms with Crippen LogP contribution in [0.25, 0.3) is 5.70 Å². The van der Waals surface area contributed by atoms with Gasteiger partial charge in [0.05, 0.1) is 11.4 Å². The van der Waals surface area contributed by atoms with Crippen LogP contribution in [0.2, 0.25) is 0 Å². The molecule has 0 bridgehead atoms. The molecule has 1 N–H and O–H groups in total. The van der Waals surface area contributed by atoms with E-state index in [1.165, 1.54) is 22.4 Å². The third-order valence-electron chi connectivity index (χ3n) is 3.28. The first-order chi connectivity index (χ1) is 8.69. The van der Waals surface area contributed by atoms with Crippen LogP contribution >= 0.6 is 0 Å². The fourth-order valence-corrected chi connectivity index (χ4v) is 2.37. The molecular weight excluding hydrogens is 220 g/mol. The van der Waals surface area contributed by atoms with Gasteiger partial charge < -0.3 is 0 Å². The van der Waals surface area contributed by atoms with E-state index >= 15 is 0 Å². The van der Waals surface area contributed by atoms with E-state index in [0.29, 0.717) is 0 Å². The fourth-order valence-electron chi connectivity index (χ4n) is 2.37. The molecule has 0 aromatic heterocycles. The van der Waals surface area contributed by atoms with E-state index in [2.05, 4.69) is 61.2 Å². The number of hydrogen-bond donors (Lipinski definition) is 1. The minimum absolute atomic E-state index is 0.996. The Morgan fingerprint density at radius 2 is 1.89 bits per heavy atom. The van der Waals surface area contributed by atoms with Crippen LogP contribution in [0.15, 0.2) is 59.8 Å². The van der Waals surface area contributed by atoms with E-state index in [1.807, 2.05) is 13.1 Å². The van der Waals surface area contributed by atoms with Crippen LogP contribution in [-0.2, 0) is 0 Å². The number of hydrazine groups is 1. The SMILES string of the molecule is C=C1C(CC)=CC(C)=C(c2ccccc2)N1NC. The maximum absolute atomic E-state index is 4.19. The van der Waals surface area contributed by atoms with Gasteiger partial charge in [0.15, 0.2) is 0 Å². The van der Waals surface area contributed by atoms with Crippen molar-refractivity contribution in [2.45, 2.75) is 20.3 Å². The van der Waals surface area contributed by atoms with E-state index in [-0.39, 0.29) is 0 Å².